The maximum absolute atomic E-state index is 12.7. The zero-order valence-electron chi connectivity index (χ0n) is 18.9. The number of aryl methyl sites for hydroxylation is 1. The molecule has 0 aliphatic carbocycles. The number of fused-ring (bicyclic) bond motifs is 1. The fourth-order valence-electron chi connectivity index (χ4n) is 4.49. The molecular weight excluding hydrogens is 418 g/mol. The van der Waals surface area contributed by atoms with E-state index in [1.54, 1.807) is 7.11 Å². The molecule has 1 aromatic heterocycles. The van der Waals surface area contributed by atoms with E-state index in [0.29, 0.717) is 18.8 Å². The molecular formula is C25H29N5O3. The Bertz CT molecular complexity index is 1100. The summed E-state index contributed by atoms with van der Waals surface area (Å²) in [4.78, 5) is 16.9. The van der Waals surface area contributed by atoms with Crippen molar-refractivity contribution in [1.29, 1.82) is 0 Å². The van der Waals surface area contributed by atoms with Crippen LogP contribution in [0.4, 0.5) is 5.69 Å². The second kappa shape index (κ2) is 9.52. The molecule has 2 aliphatic heterocycles. The van der Waals surface area contributed by atoms with Gasteiger partial charge in [-0.25, -0.2) is 0 Å². The van der Waals surface area contributed by atoms with E-state index in [4.69, 9.17) is 9.47 Å². The molecule has 3 heterocycles. The molecule has 2 aromatic carbocycles. The van der Waals surface area contributed by atoms with Crippen molar-refractivity contribution in [3.05, 3.63) is 54.4 Å². The Balaban J connectivity index is 1.16. The summed E-state index contributed by atoms with van der Waals surface area (Å²) >= 11 is 0. The average molecular weight is 448 g/mol. The van der Waals surface area contributed by atoms with Crippen LogP contribution in [0.25, 0.3) is 11.4 Å². The number of aromatic nitrogens is 3. The number of benzene rings is 2. The minimum atomic E-state index is 0.00893. The lowest BCUT2D eigenvalue weighted by molar-refractivity contribution is -0.133. The Kier molecular flexibility index (Phi) is 6.15. The Labute approximate surface area is 193 Å². The monoisotopic (exact) mass is 447 g/mol. The first-order chi connectivity index (χ1) is 16.2. The molecule has 1 amide bonds. The maximum Gasteiger partial charge on any atom is 0.260 e. The van der Waals surface area contributed by atoms with Crippen molar-refractivity contribution >= 4 is 11.6 Å². The zero-order chi connectivity index (χ0) is 22.6. The molecule has 0 unspecified atom stereocenters. The number of amides is 1. The standard InChI is InChI=1S/C25H29N5O3/c1-32-21-10-8-20(9-11-21)28-13-15-29(16-14-28)24(31)18-33-22-6-4-5-19(17-22)25-27-26-23-7-2-3-12-30(23)25/h4-6,8-11,17H,2-3,7,12-16,18H2,1H3. The number of methoxy groups -OCH3 is 1. The van der Waals surface area contributed by atoms with E-state index in [1.807, 2.05) is 41.3 Å². The molecule has 1 saturated heterocycles. The van der Waals surface area contributed by atoms with Gasteiger partial charge in [0.05, 0.1) is 7.11 Å². The number of hydrogen-bond donors (Lipinski definition) is 0. The largest absolute Gasteiger partial charge is 0.497 e. The lowest BCUT2D eigenvalue weighted by Crippen LogP contribution is -2.50. The summed E-state index contributed by atoms with van der Waals surface area (Å²) in [6.45, 7) is 3.94. The number of anilines is 1. The zero-order valence-corrected chi connectivity index (χ0v) is 18.9. The van der Waals surface area contributed by atoms with Crippen LogP contribution < -0.4 is 14.4 Å². The molecule has 0 spiro atoms. The minimum Gasteiger partial charge on any atom is -0.497 e. The SMILES string of the molecule is COc1ccc(N2CCN(C(=O)COc3cccc(-c4nnc5n4CCCC5)c3)CC2)cc1. The molecule has 5 rings (SSSR count). The molecule has 8 heteroatoms. The predicted molar refractivity (Wildman–Crippen MR) is 126 cm³/mol. The minimum absolute atomic E-state index is 0.00893. The van der Waals surface area contributed by atoms with Gasteiger partial charge in [0.1, 0.15) is 17.3 Å². The van der Waals surface area contributed by atoms with Crippen LogP contribution in [0.3, 0.4) is 0 Å². The quantitative estimate of drug-likeness (QED) is 0.579. The van der Waals surface area contributed by atoms with Crippen LogP contribution in [-0.2, 0) is 17.8 Å². The Morgan fingerprint density at radius 3 is 2.55 bits per heavy atom. The molecule has 3 aromatic rings. The highest BCUT2D eigenvalue weighted by molar-refractivity contribution is 5.78. The van der Waals surface area contributed by atoms with E-state index in [-0.39, 0.29) is 12.5 Å². The van der Waals surface area contributed by atoms with Crippen molar-refractivity contribution < 1.29 is 14.3 Å². The molecule has 1 fully saturated rings. The van der Waals surface area contributed by atoms with Gasteiger partial charge in [-0.15, -0.1) is 10.2 Å². The summed E-state index contributed by atoms with van der Waals surface area (Å²) in [7, 11) is 1.67. The summed E-state index contributed by atoms with van der Waals surface area (Å²) in [5.41, 5.74) is 2.11. The lowest BCUT2D eigenvalue weighted by atomic mass is 10.1. The highest BCUT2D eigenvalue weighted by Crippen LogP contribution is 2.26. The number of rotatable bonds is 6. The van der Waals surface area contributed by atoms with Crippen LogP contribution in [0.1, 0.15) is 18.7 Å². The summed E-state index contributed by atoms with van der Waals surface area (Å²) < 4.78 is 13.3. The van der Waals surface area contributed by atoms with Crippen molar-refractivity contribution in [3.63, 3.8) is 0 Å². The smallest absolute Gasteiger partial charge is 0.260 e. The van der Waals surface area contributed by atoms with Gasteiger partial charge in [-0.1, -0.05) is 12.1 Å². The lowest BCUT2D eigenvalue weighted by Gasteiger charge is -2.36. The van der Waals surface area contributed by atoms with E-state index >= 15 is 0 Å². The molecule has 172 valence electrons. The Morgan fingerprint density at radius 1 is 0.939 bits per heavy atom. The van der Waals surface area contributed by atoms with Gasteiger partial charge < -0.3 is 23.8 Å². The number of piperazine rings is 1. The molecule has 0 saturated carbocycles. The molecule has 0 radical (unpaired) electrons. The number of ether oxygens (including phenoxy) is 2. The summed E-state index contributed by atoms with van der Waals surface area (Å²) in [6.07, 6.45) is 3.29. The summed E-state index contributed by atoms with van der Waals surface area (Å²) in [5.74, 6) is 3.45. The van der Waals surface area contributed by atoms with E-state index in [2.05, 4.69) is 31.8 Å². The maximum atomic E-state index is 12.7. The first kappa shape index (κ1) is 21.3. The summed E-state index contributed by atoms with van der Waals surface area (Å²) in [6, 6.07) is 15.8. The van der Waals surface area contributed by atoms with Gasteiger partial charge in [0.25, 0.3) is 5.91 Å². The van der Waals surface area contributed by atoms with Gasteiger partial charge in [0.15, 0.2) is 12.4 Å². The van der Waals surface area contributed by atoms with Crippen LogP contribution in [0, 0.1) is 0 Å². The highest BCUT2D eigenvalue weighted by atomic mass is 16.5. The fourth-order valence-corrected chi connectivity index (χ4v) is 4.49. The van der Waals surface area contributed by atoms with Gasteiger partial charge in [0, 0.05) is 50.4 Å². The second-order valence-corrected chi connectivity index (χ2v) is 8.43. The van der Waals surface area contributed by atoms with Crippen LogP contribution in [0.2, 0.25) is 0 Å². The normalized spacial score (nSPS) is 15.8. The van der Waals surface area contributed by atoms with Crippen molar-refractivity contribution in [2.24, 2.45) is 0 Å². The number of hydrogen-bond acceptors (Lipinski definition) is 6. The van der Waals surface area contributed by atoms with Crippen LogP contribution in [0.5, 0.6) is 11.5 Å². The second-order valence-electron chi connectivity index (χ2n) is 8.43. The topological polar surface area (TPSA) is 72.7 Å². The average Bonchev–Trinajstić information content (AvgIpc) is 3.32. The van der Waals surface area contributed by atoms with Gasteiger partial charge in [-0.3, -0.25) is 4.79 Å². The molecule has 8 nitrogen and oxygen atoms in total. The molecule has 0 N–H and O–H groups in total. The Morgan fingerprint density at radius 2 is 1.76 bits per heavy atom. The van der Waals surface area contributed by atoms with Crippen molar-refractivity contribution in [2.45, 2.75) is 25.8 Å². The first-order valence-electron chi connectivity index (χ1n) is 11.5. The third kappa shape index (κ3) is 4.65. The number of carbonyl (C=O) groups is 1. The highest BCUT2D eigenvalue weighted by Gasteiger charge is 2.22. The van der Waals surface area contributed by atoms with Crippen LogP contribution >= 0.6 is 0 Å². The Hall–Kier alpha value is -3.55. The fraction of sp³-hybridized carbons (Fsp3) is 0.400. The summed E-state index contributed by atoms with van der Waals surface area (Å²) in [5, 5.41) is 8.73. The third-order valence-electron chi connectivity index (χ3n) is 6.38. The van der Waals surface area contributed by atoms with Crippen molar-refractivity contribution in [2.75, 3.05) is 44.8 Å². The van der Waals surface area contributed by atoms with E-state index in [9.17, 15) is 4.79 Å². The molecule has 2 aliphatic rings. The first-order valence-corrected chi connectivity index (χ1v) is 11.5. The van der Waals surface area contributed by atoms with Crippen LogP contribution in [0.15, 0.2) is 48.5 Å². The third-order valence-corrected chi connectivity index (χ3v) is 6.38. The molecule has 0 bridgehead atoms. The van der Waals surface area contributed by atoms with E-state index in [0.717, 1.165) is 67.5 Å². The van der Waals surface area contributed by atoms with Crippen molar-refractivity contribution in [3.8, 4) is 22.9 Å². The van der Waals surface area contributed by atoms with Gasteiger partial charge >= 0.3 is 0 Å². The van der Waals surface area contributed by atoms with Gasteiger partial charge in [0.2, 0.25) is 0 Å². The number of nitrogens with zero attached hydrogens (tertiary/aromatic N) is 5. The number of carbonyl (C=O) groups excluding carboxylic acids is 1. The van der Waals surface area contributed by atoms with Crippen LogP contribution in [-0.4, -0.2) is 65.5 Å². The predicted octanol–water partition coefficient (Wildman–Crippen LogP) is 3.02. The van der Waals surface area contributed by atoms with Gasteiger partial charge in [-0.05, 0) is 49.2 Å². The van der Waals surface area contributed by atoms with E-state index in [1.165, 1.54) is 0 Å². The molecule has 0 atom stereocenters. The molecule has 33 heavy (non-hydrogen) atoms. The van der Waals surface area contributed by atoms with Crippen molar-refractivity contribution in [1.82, 2.24) is 19.7 Å². The van der Waals surface area contributed by atoms with Gasteiger partial charge in [-0.2, -0.15) is 0 Å². The van der Waals surface area contributed by atoms with E-state index < -0.39 is 0 Å².